The average Bonchev–Trinajstić information content (AvgIpc) is 2.84. The van der Waals surface area contributed by atoms with E-state index in [0.717, 1.165) is 22.9 Å². The molecule has 2 heterocycles. The molecule has 1 atom stereocenters. The number of aryl methyl sites for hydroxylation is 2. The largest absolute Gasteiger partial charge is 0.380 e. The van der Waals surface area contributed by atoms with Gasteiger partial charge in [-0.15, -0.1) is 11.3 Å². The monoisotopic (exact) mass is 223 g/mol. The second-order valence-electron chi connectivity index (χ2n) is 3.30. The van der Waals surface area contributed by atoms with Gasteiger partial charge >= 0.3 is 0 Å². The summed E-state index contributed by atoms with van der Waals surface area (Å²) in [6.07, 6.45) is 1.04. The van der Waals surface area contributed by atoms with E-state index in [4.69, 9.17) is 0 Å². The van der Waals surface area contributed by atoms with Crippen LogP contribution in [-0.4, -0.2) is 19.9 Å². The highest BCUT2D eigenvalue weighted by Crippen LogP contribution is 2.24. The molecule has 1 N–H and O–H groups in total. The Morgan fingerprint density at radius 1 is 1.60 bits per heavy atom. The first-order valence-electron chi connectivity index (χ1n) is 4.84. The Balaban J connectivity index is 2.31. The Morgan fingerprint density at radius 3 is 3.00 bits per heavy atom. The average molecular weight is 223 g/mol. The molecule has 2 aromatic rings. The zero-order chi connectivity index (χ0) is 10.8. The van der Waals surface area contributed by atoms with Crippen LogP contribution in [0.2, 0.25) is 0 Å². The van der Waals surface area contributed by atoms with Crippen molar-refractivity contribution in [3.05, 3.63) is 34.0 Å². The number of hydrogen-bond donors (Lipinski definition) is 1. The molecule has 0 aliphatic rings. The van der Waals surface area contributed by atoms with Crippen LogP contribution < -0.4 is 0 Å². The second kappa shape index (κ2) is 4.12. The van der Waals surface area contributed by atoms with Crippen molar-refractivity contribution in [1.29, 1.82) is 0 Å². The zero-order valence-corrected chi connectivity index (χ0v) is 9.53. The number of rotatable bonds is 3. The predicted molar refractivity (Wildman–Crippen MR) is 58.8 cm³/mol. The van der Waals surface area contributed by atoms with Crippen LogP contribution in [-0.2, 0) is 6.54 Å². The molecule has 0 bridgehead atoms. The summed E-state index contributed by atoms with van der Waals surface area (Å²) in [7, 11) is 0. The molecular formula is C10H13N3OS. The minimum Gasteiger partial charge on any atom is -0.380 e. The molecule has 2 rings (SSSR count). The van der Waals surface area contributed by atoms with Gasteiger partial charge in [0.25, 0.3) is 0 Å². The van der Waals surface area contributed by atoms with E-state index in [1.54, 1.807) is 10.9 Å². The summed E-state index contributed by atoms with van der Waals surface area (Å²) in [6.45, 7) is 4.67. The molecule has 0 aliphatic carbocycles. The van der Waals surface area contributed by atoms with Crippen molar-refractivity contribution in [1.82, 2.24) is 14.8 Å². The van der Waals surface area contributed by atoms with E-state index in [1.807, 2.05) is 25.3 Å². The normalized spacial score (nSPS) is 13.0. The summed E-state index contributed by atoms with van der Waals surface area (Å²) in [5.74, 6) is 0. The Labute approximate surface area is 92.2 Å². The third-order valence-electron chi connectivity index (χ3n) is 2.20. The first-order valence-corrected chi connectivity index (χ1v) is 5.72. The van der Waals surface area contributed by atoms with Crippen LogP contribution in [0.1, 0.15) is 29.4 Å². The Hall–Kier alpha value is -1.20. The molecule has 2 aromatic heterocycles. The number of nitrogens with zero attached hydrogens (tertiary/aromatic N) is 3. The molecule has 0 fully saturated rings. The number of thiazole rings is 1. The molecule has 15 heavy (non-hydrogen) atoms. The highest BCUT2D eigenvalue weighted by molar-refractivity contribution is 7.09. The van der Waals surface area contributed by atoms with Crippen LogP contribution in [0.25, 0.3) is 0 Å². The van der Waals surface area contributed by atoms with Crippen LogP contribution in [0, 0.1) is 6.92 Å². The quantitative estimate of drug-likeness (QED) is 0.862. The summed E-state index contributed by atoms with van der Waals surface area (Å²) in [5.41, 5.74) is 1.74. The van der Waals surface area contributed by atoms with E-state index >= 15 is 0 Å². The zero-order valence-electron chi connectivity index (χ0n) is 8.71. The van der Waals surface area contributed by atoms with Crippen molar-refractivity contribution in [2.24, 2.45) is 0 Å². The number of aliphatic hydroxyl groups excluding tert-OH is 1. The summed E-state index contributed by atoms with van der Waals surface area (Å²) >= 11 is 1.47. The lowest BCUT2D eigenvalue weighted by atomic mass is 10.2. The summed E-state index contributed by atoms with van der Waals surface area (Å²) in [5, 5.41) is 16.9. The summed E-state index contributed by atoms with van der Waals surface area (Å²) in [4.78, 5) is 4.27. The molecule has 80 valence electrons. The number of aromatic nitrogens is 3. The van der Waals surface area contributed by atoms with Crippen molar-refractivity contribution in [3.8, 4) is 0 Å². The van der Waals surface area contributed by atoms with E-state index in [-0.39, 0.29) is 0 Å². The number of hydrogen-bond acceptors (Lipinski definition) is 4. The molecule has 0 saturated carbocycles. The minimum atomic E-state index is -0.661. The van der Waals surface area contributed by atoms with Crippen LogP contribution in [0.5, 0.6) is 0 Å². The SMILES string of the molecule is CCn1nccc1C(O)c1nc(C)cs1. The molecule has 0 amide bonds. The van der Waals surface area contributed by atoms with Crippen LogP contribution in [0.4, 0.5) is 0 Å². The van der Waals surface area contributed by atoms with Gasteiger partial charge in [0.2, 0.25) is 0 Å². The lowest BCUT2D eigenvalue weighted by molar-refractivity contribution is 0.207. The van der Waals surface area contributed by atoms with Crippen molar-refractivity contribution >= 4 is 11.3 Å². The maximum Gasteiger partial charge on any atom is 0.147 e. The third-order valence-corrected chi connectivity index (χ3v) is 3.21. The fourth-order valence-corrected chi connectivity index (χ4v) is 2.25. The smallest absolute Gasteiger partial charge is 0.147 e. The molecule has 0 saturated heterocycles. The summed E-state index contributed by atoms with van der Waals surface area (Å²) < 4.78 is 1.78. The van der Waals surface area contributed by atoms with Gasteiger partial charge in [0.05, 0.1) is 5.69 Å². The van der Waals surface area contributed by atoms with Crippen molar-refractivity contribution in [2.45, 2.75) is 26.5 Å². The molecule has 0 aliphatic heterocycles. The lowest BCUT2D eigenvalue weighted by Crippen LogP contribution is -2.08. The maximum atomic E-state index is 10.1. The van der Waals surface area contributed by atoms with Gasteiger partial charge in [0.15, 0.2) is 0 Å². The first-order chi connectivity index (χ1) is 7.22. The van der Waals surface area contributed by atoms with Crippen LogP contribution in [0.15, 0.2) is 17.6 Å². The van der Waals surface area contributed by atoms with E-state index in [0.29, 0.717) is 0 Å². The molecule has 0 aromatic carbocycles. The molecule has 0 radical (unpaired) electrons. The highest BCUT2D eigenvalue weighted by atomic mass is 32.1. The maximum absolute atomic E-state index is 10.1. The van der Waals surface area contributed by atoms with Gasteiger partial charge in [0, 0.05) is 23.8 Å². The predicted octanol–water partition coefficient (Wildman–Crippen LogP) is 1.75. The molecule has 4 nitrogen and oxygen atoms in total. The van der Waals surface area contributed by atoms with E-state index in [1.165, 1.54) is 11.3 Å². The van der Waals surface area contributed by atoms with Gasteiger partial charge in [-0.3, -0.25) is 4.68 Å². The van der Waals surface area contributed by atoms with Gasteiger partial charge in [0.1, 0.15) is 11.1 Å². The second-order valence-corrected chi connectivity index (χ2v) is 4.19. The molecule has 0 spiro atoms. The lowest BCUT2D eigenvalue weighted by Gasteiger charge is -2.09. The standard InChI is InChI=1S/C10H13N3OS/c1-3-13-8(4-5-11-13)9(14)10-12-7(2)6-15-10/h4-6,9,14H,3H2,1-2H3. The topological polar surface area (TPSA) is 50.9 Å². The van der Waals surface area contributed by atoms with Crippen LogP contribution >= 0.6 is 11.3 Å². The molecule has 1 unspecified atom stereocenters. The fourth-order valence-electron chi connectivity index (χ4n) is 1.46. The van der Waals surface area contributed by atoms with Gasteiger partial charge in [-0.25, -0.2) is 4.98 Å². The van der Waals surface area contributed by atoms with E-state index < -0.39 is 6.10 Å². The van der Waals surface area contributed by atoms with Crippen molar-refractivity contribution in [2.75, 3.05) is 0 Å². The Kier molecular flexibility index (Phi) is 2.83. The highest BCUT2D eigenvalue weighted by Gasteiger charge is 2.17. The fraction of sp³-hybridized carbons (Fsp3) is 0.400. The first kappa shape index (κ1) is 10.3. The van der Waals surface area contributed by atoms with Gasteiger partial charge < -0.3 is 5.11 Å². The van der Waals surface area contributed by atoms with Crippen molar-refractivity contribution in [3.63, 3.8) is 0 Å². The molecule has 5 heteroatoms. The summed E-state index contributed by atoms with van der Waals surface area (Å²) in [6, 6.07) is 1.82. The van der Waals surface area contributed by atoms with E-state index in [9.17, 15) is 5.11 Å². The van der Waals surface area contributed by atoms with Gasteiger partial charge in [-0.05, 0) is 19.9 Å². The van der Waals surface area contributed by atoms with Crippen molar-refractivity contribution < 1.29 is 5.11 Å². The van der Waals surface area contributed by atoms with Gasteiger partial charge in [-0.2, -0.15) is 5.10 Å². The Bertz CT molecular complexity index is 449. The third kappa shape index (κ3) is 1.93. The Morgan fingerprint density at radius 2 is 2.40 bits per heavy atom. The number of aliphatic hydroxyl groups is 1. The minimum absolute atomic E-state index is 0.661. The van der Waals surface area contributed by atoms with Gasteiger partial charge in [-0.1, -0.05) is 0 Å². The molecular weight excluding hydrogens is 210 g/mol. The van der Waals surface area contributed by atoms with Crippen LogP contribution in [0.3, 0.4) is 0 Å². The van der Waals surface area contributed by atoms with E-state index in [2.05, 4.69) is 10.1 Å².